The summed E-state index contributed by atoms with van der Waals surface area (Å²) in [6, 6.07) is 0. The van der Waals surface area contributed by atoms with Gasteiger partial charge in [-0.1, -0.05) is 11.8 Å². The molecule has 0 aliphatic carbocycles. The Balaban J connectivity index is 2.07. The summed E-state index contributed by atoms with van der Waals surface area (Å²) in [6.07, 6.45) is 0. The number of carbonyl (C=O) groups is 2. The molecule has 1 amide bonds. The van der Waals surface area contributed by atoms with Crippen LogP contribution in [-0.4, -0.2) is 39.0 Å². The van der Waals surface area contributed by atoms with Crippen LogP contribution < -0.4 is 5.32 Å². The summed E-state index contributed by atoms with van der Waals surface area (Å²) in [6.45, 7) is 7.66. The summed E-state index contributed by atoms with van der Waals surface area (Å²) in [5.41, 5.74) is 1.28. The molecule has 0 radical (unpaired) electrons. The van der Waals surface area contributed by atoms with E-state index in [0.717, 1.165) is 16.3 Å². The van der Waals surface area contributed by atoms with E-state index in [-0.39, 0.29) is 11.7 Å². The van der Waals surface area contributed by atoms with Gasteiger partial charge in [0.1, 0.15) is 10.8 Å². The number of aryl methyl sites for hydroxylation is 2. The summed E-state index contributed by atoms with van der Waals surface area (Å²) < 4.78 is 6.90. The normalized spacial score (nSPS) is 10.7. The molecule has 2 aromatic heterocycles. The minimum atomic E-state index is -0.411. The molecule has 0 fully saturated rings. The smallest absolute Gasteiger partial charge is 0.341 e. The number of carbonyl (C=O) groups excluding carboxylic acids is 2. The van der Waals surface area contributed by atoms with Gasteiger partial charge in [0.2, 0.25) is 5.91 Å². The fourth-order valence-corrected chi connectivity index (χ4v) is 3.79. The van der Waals surface area contributed by atoms with Gasteiger partial charge in [0.15, 0.2) is 5.16 Å². The Morgan fingerprint density at radius 1 is 1.29 bits per heavy atom. The first-order valence-electron chi connectivity index (χ1n) is 7.40. The molecule has 0 bridgehead atoms. The molecule has 0 aliphatic rings. The molecule has 2 aromatic rings. The second-order valence-corrected chi connectivity index (χ2v) is 7.30. The molecule has 2 rings (SSSR count). The molecular weight excluding hydrogens is 348 g/mol. The summed E-state index contributed by atoms with van der Waals surface area (Å²) in [4.78, 5) is 25.3. The number of nitrogens with zero attached hydrogens (tertiary/aromatic N) is 3. The van der Waals surface area contributed by atoms with Gasteiger partial charge in [-0.3, -0.25) is 4.79 Å². The number of anilines is 1. The molecule has 130 valence electrons. The van der Waals surface area contributed by atoms with E-state index < -0.39 is 5.97 Å². The Morgan fingerprint density at radius 3 is 2.58 bits per heavy atom. The quantitative estimate of drug-likeness (QED) is 0.623. The van der Waals surface area contributed by atoms with Gasteiger partial charge in [0.05, 0.1) is 17.9 Å². The van der Waals surface area contributed by atoms with Gasteiger partial charge in [0, 0.05) is 11.9 Å². The second kappa shape index (κ2) is 7.80. The van der Waals surface area contributed by atoms with E-state index in [1.165, 1.54) is 23.1 Å². The van der Waals surface area contributed by atoms with Crippen LogP contribution in [-0.2, 0) is 16.6 Å². The van der Waals surface area contributed by atoms with E-state index in [9.17, 15) is 9.59 Å². The average Bonchev–Trinajstić information content (AvgIpc) is 2.98. The van der Waals surface area contributed by atoms with Crippen LogP contribution in [0.5, 0.6) is 0 Å². The minimum absolute atomic E-state index is 0.185. The maximum atomic E-state index is 12.2. The molecule has 0 atom stereocenters. The van der Waals surface area contributed by atoms with Gasteiger partial charge >= 0.3 is 5.97 Å². The Morgan fingerprint density at radius 2 is 2.00 bits per heavy atom. The van der Waals surface area contributed by atoms with Gasteiger partial charge in [-0.15, -0.1) is 21.5 Å². The molecular formula is C15H20N4O3S2. The van der Waals surface area contributed by atoms with Crippen molar-refractivity contribution in [1.29, 1.82) is 0 Å². The summed E-state index contributed by atoms with van der Waals surface area (Å²) in [5, 5.41) is 12.0. The standard InChI is InChI=1S/C15H20N4O3S2/c1-6-22-14(21)12-8(2)9(3)24-13(12)16-11(20)7-23-15-18-17-10(4)19(15)5/h6-7H2,1-5H3,(H,16,20). The minimum Gasteiger partial charge on any atom is -0.462 e. The van der Waals surface area contributed by atoms with Gasteiger partial charge in [-0.2, -0.15) is 0 Å². The van der Waals surface area contributed by atoms with Crippen LogP contribution >= 0.6 is 23.1 Å². The summed E-state index contributed by atoms with van der Waals surface area (Å²) in [5.74, 6) is 0.357. The summed E-state index contributed by atoms with van der Waals surface area (Å²) in [7, 11) is 1.85. The first-order chi connectivity index (χ1) is 11.3. The number of rotatable bonds is 6. The van der Waals surface area contributed by atoms with Crippen molar-refractivity contribution in [3.63, 3.8) is 0 Å². The van der Waals surface area contributed by atoms with Crippen LogP contribution in [0.25, 0.3) is 0 Å². The largest absolute Gasteiger partial charge is 0.462 e. The number of esters is 1. The Kier molecular flexibility index (Phi) is 6.00. The maximum absolute atomic E-state index is 12.2. The van der Waals surface area contributed by atoms with Crippen LogP contribution in [0.2, 0.25) is 0 Å². The first kappa shape index (κ1) is 18.5. The van der Waals surface area contributed by atoms with E-state index in [1.807, 2.05) is 32.4 Å². The number of aromatic nitrogens is 3. The molecule has 0 aromatic carbocycles. The van der Waals surface area contributed by atoms with Crippen molar-refractivity contribution in [3.8, 4) is 0 Å². The van der Waals surface area contributed by atoms with E-state index in [1.54, 1.807) is 6.92 Å². The lowest BCUT2D eigenvalue weighted by atomic mass is 10.1. The van der Waals surface area contributed by atoms with Gasteiger partial charge in [-0.25, -0.2) is 4.79 Å². The number of thiophene rings is 1. The highest BCUT2D eigenvalue weighted by atomic mass is 32.2. The highest BCUT2D eigenvalue weighted by Gasteiger charge is 2.22. The number of hydrogen-bond acceptors (Lipinski definition) is 7. The Labute approximate surface area is 148 Å². The van der Waals surface area contributed by atoms with Crippen LogP contribution in [0.1, 0.15) is 33.5 Å². The van der Waals surface area contributed by atoms with E-state index in [4.69, 9.17) is 4.74 Å². The van der Waals surface area contributed by atoms with Crippen LogP contribution in [0.4, 0.5) is 5.00 Å². The molecule has 2 heterocycles. The molecule has 0 unspecified atom stereocenters. The average molecular weight is 368 g/mol. The molecule has 7 nitrogen and oxygen atoms in total. The number of ether oxygens (including phenoxy) is 1. The number of hydrogen-bond donors (Lipinski definition) is 1. The number of nitrogens with one attached hydrogen (secondary N) is 1. The predicted octanol–water partition coefficient (Wildman–Crippen LogP) is 2.71. The lowest BCUT2D eigenvalue weighted by molar-refractivity contribution is -0.113. The highest BCUT2D eigenvalue weighted by molar-refractivity contribution is 7.99. The lowest BCUT2D eigenvalue weighted by Gasteiger charge is -2.07. The van der Waals surface area contributed by atoms with Crippen molar-refractivity contribution >= 4 is 40.0 Å². The van der Waals surface area contributed by atoms with E-state index >= 15 is 0 Å². The van der Waals surface area contributed by atoms with Crippen LogP contribution in [0.15, 0.2) is 5.16 Å². The van der Waals surface area contributed by atoms with Crippen molar-refractivity contribution in [2.24, 2.45) is 7.05 Å². The van der Waals surface area contributed by atoms with E-state index in [2.05, 4.69) is 15.5 Å². The number of amides is 1. The van der Waals surface area contributed by atoms with Crippen molar-refractivity contribution < 1.29 is 14.3 Å². The van der Waals surface area contributed by atoms with E-state index in [0.29, 0.717) is 22.3 Å². The second-order valence-electron chi connectivity index (χ2n) is 5.13. The van der Waals surface area contributed by atoms with Gasteiger partial charge < -0.3 is 14.6 Å². The molecule has 24 heavy (non-hydrogen) atoms. The van der Waals surface area contributed by atoms with Gasteiger partial charge in [0.25, 0.3) is 0 Å². The Bertz CT molecular complexity index is 767. The topological polar surface area (TPSA) is 86.1 Å². The Hall–Kier alpha value is -1.87. The molecule has 0 spiro atoms. The fraction of sp³-hybridized carbons (Fsp3) is 0.467. The monoisotopic (exact) mass is 368 g/mol. The third kappa shape index (κ3) is 3.96. The van der Waals surface area contributed by atoms with Crippen molar-refractivity contribution in [2.45, 2.75) is 32.9 Å². The number of thioether (sulfide) groups is 1. The zero-order chi connectivity index (χ0) is 17.9. The third-order valence-corrected chi connectivity index (χ3v) is 5.65. The SMILES string of the molecule is CCOC(=O)c1c(NC(=O)CSc2nnc(C)n2C)sc(C)c1C. The zero-order valence-corrected chi connectivity index (χ0v) is 15.9. The maximum Gasteiger partial charge on any atom is 0.341 e. The molecule has 0 saturated carbocycles. The lowest BCUT2D eigenvalue weighted by Crippen LogP contribution is -2.16. The van der Waals surface area contributed by atoms with Crippen molar-refractivity contribution in [1.82, 2.24) is 14.8 Å². The fourth-order valence-electron chi connectivity index (χ4n) is 1.97. The zero-order valence-electron chi connectivity index (χ0n) is 14.3. The molecule has 0 saturated heterocycles. The van der Waals surface area contributed by atoms with Crippen LogP contribution in [0, 0.1) is 20.8 Å². The van der Waals surface area contributed by atoms with Crippen LogP contribution in [0.3, 0.4) is 0 Å². The molecule has 0 aliphatic heterocycles. The highest BCUT2D eigenvalue weighted by Crippen LogP contribution is 2.33. The van der Waals surface area contributed by atoms with Crippen molar-refractivity contribution in [2.75, 3.05) is 17.7 Å². The van der Waals surface area contributed by atoms with Gasteiger partial charge in [-0.05, 0) is 33.3 Å². The molecule has 1 N–H and O–H groups in total. The first-order valence-corrected chi connectivity index (χ1v) is 9.21. The molecule has 9 heteroatoms. The van der Waals surface area contributed by atoms with Crippen molar-refractivity contribution in [3.05, 3.63) is 21.8 Å². The third-order valence-electron chi connectivity index (χ3n) is 3.50. The summed E-state index contributed by atoms with van der Waals surface area (Å²) >= 11 is 2.67. The predicted molar refractivity (Wildman–Crippen MR) is 94.8 cm³/mol.